The van der Waals surface area contributed by atoms with Crippen molar-refractivity contribution in [1.29, 1.82) is 0 Å². The topological polar surface area (TPSA) is 216 Å². The van der Waals surface area contributed by atoms with Crippen LogP contribution in [0.2, 0.25) is 5.02 Å². The van der Waals surface area contributed by atoms with Gasteiger partial charge in [-0.05, 0) is 139 Å². The Morgan fingerprint density at radius 1 is 0.812 bits per heavy atom. The molecule has 2 N–H and O–H groups in total. The van der Waals surface area contributed by atoms with Gasteiger partial charge in [-0.15, -0.1) is 5.10 Å². The molecule has 2 fully saturated rings. The molecule has 5 amide bonds. The van der Waals surface area contributed by atoms with Gasteiger partial charge < -0.3 is 44.4 Å². The lowest BCUT2D eigenvalue weighted by Gasteiger charge is -2.38. The van der Waals surface area contributed by atoms with Crippen LogP contribution in [0.15, 0.2) is 73.1 Å². The number of carbonyl (C=O) groups excluding carboxylic acids is 6. The SMILES string of the molecule is CN(C)CCOC1CCN(C(=O)Nc2ccc(CC(C(=O)Nc3ccc4c(c3)cc(C(=O)OC(C)(C)C)n4C(=O)OC(C)(C)C)N3CCN(c4cc(Cl)ccc4-n4cnnn4)C(=O)C3=O)cc2)CC1. The molecule has 0 spiro atoms. The lowest BCUT2D eigenvalue weighted by molar-refractivity contribution is -0.149. The number of amides is 5. The van der Waals surface area contributed by atoms with Crippen LogP contribution < -0.4 is 15.5 Å². The Balaban J connectivity index is 1.13. The summed E-state index contributed by atoms with van der Waals surface area (Å²) < 4.78 is 19.8. The number of benzene rings is 3. The first-order chi connectivity index (χ1) is 32.6. The fourth-order valence-electron chi connectivity index (χ4n) is 7.98. The van der Waals surface area contributed by atoms with Crippen LogP contribution in [0.3, 0.4) is 0 Å². The number of carbonyl (C=O) groups is 6. The Labute approximate surface area is 404 Å². The van der Waals surface area contributed by atoms with E-state index in [9.17, 15) is 28.8 Å². The molecule has 1 atom stereocenters. The van der Waals surface area contributed by atoms with Gasteiger partial charge in [-0.1, -0.05) is 23.7 Å². The molecule has 2 aliphatic rings. The average Bonchev–Trinajstić information content (AvgIpc) is 3.95. The summed E-state index contributed by atoms with van der Waals surface area (Å²) in [6, 6.07) is 16.4. The highest BCUT2D eigenvalue weighted by molar-refractivity contribution is 6.41. The second-order valence-corrected chi connectivity index (χ2v) is 19.6. The Kier molecular flexibility index (Phi) is 15.0. The highest BCUT2D eigenvalue weighted by atomic mass is 35.5. The number of hydrogen-bond donors (Lipinski definition) is 2. The summed E-state index contributed by atoms with van der Waals surface area (Å²) in [5.41, 5.74) is 0.625. The van der Waals surface area contributed by atoms with Crippen molar-refractivity contribution in [2.75, 3.05) is 69.0 Å². The third kappa shape index (κ3) is 12.4. The lowest BCUT2D eigenvalue weighted by atomic mass is 10.0. The van der Waals surface area contributed by atoms with Crippen molar-refractivity contribution in [2.24, 2.45) is 0 Å². The molecule has 2 aromatic heterocycles. The van der Waals surface area contributed by atoms with E-state index < -0.39 is 47.0 Å². The van der Waals surface area contributed by atoms with E-state index in [0.717, 1.165) is 24.0 Å². The highest BCUT2D eigenvalue weighted by Crippen LogP contribution is 2.31. The third-order valence-corrected chi connectivity index (χ3v) is 11.5. The minimum Gasteiger partial charge on any atom is -0.455 e. The van der Waals surface area contributed by atoms with E-state index in [1.54, 1.807) is 101 Å². The predicted octanol–water partition coefficient (Wildman–Crippen LogP) is 6.01. The number of urea groups is 1. The molecule has 2 aliphatic heterocycles. The standard InChI is InChI=1S/C48H58ClN11O9/c1-47(2,3)68-44(64)40-27-31-26-34(14-16-36(31)60(40)46(66)69-48(4,5)6)51-41(61)39(58-22-21-57(42(62)43(58)63)38-28-32(49)11-15-37(38)59-29-50-53-54-59)25-30-9-12-33(13-10-30)52-45(65)56-19-17-35(18-20-56)67-24-23-55(7)8/h9-16,26-29,35,39H,17-25H2,1-8H3,(H,51,61)(H,52,65). The number of likely N-dealkylation sites (N-methyl/N-ethyl adjacent to an activating group) is 1. The van der Waals surface area contributed by atoms with Gasteiger partial charge in [0.2, 0.25) is 5.91 Å². The number of aromatic nitrogens is 5. The molecule has 0 aliphatic carbocycles. The van der Waals surface area contributed by atoms with Gasteiger partial charge in [0.15, 0.2) is 0 Å². The van der Waals surface area contributed by atoms with E-state index >= 15 is 0 Å². The number of esters is 1. The quantitative estimate of drug-likeness (QED) is 0.102. The van der Waals surface area contributed by atoms with E-state index in [1.165, 1.54) is 32.9 Å². The number of likely N-dealkylation sites (tertiary alicyclic amines) is 1. The maximum atomic E-state index is 14.6. The van der Waals surface area contributed by atoms with Crippen LogP contribution in [0.25, 0.3) is 16.6 Å². The molecule has 0 saturated carbocycles. The minimum atomic E-state index is -1.22. The van der Waals surface area contributed by atoms with Gasteiger partial charge in [-0.2, -0.15) is 4.68 Å². The molecule has 4 heterocycles. The smallest absolute Gasteiger partial charge is 0.419 e. The third-order valence-electron chi connectivity index (χ3n) is 11.3. The molecule has 20 nitrogen and oxygen atoms in total. The monoisotopic (exact) mass is 967 g/mol. The zero-order valence-electron chi connectivity index (χ0n) is 40.0. The summed E-state index contributed by atoms with van der Waals surface area (Å²) in [7, 11) is 3.99. The van der Waals surface area contributed by atoms with Gasteiger partial charge in [0.1, 0.15) is 29.3 Å². The summed E-state index contributed by atoms with van der Waals surface area (Å²) in [4.78, 5) is 89.6. The van der Waals surface area contributed by atoms with E-state index in [-0.39, 0.29) is 43.0 Å². The molecule has 0 radical (unpaired) electrons. The van der Waals surface area contributed by atoms with E-state index in [2.05, 4.69) is 31.1 Å². The highest BCUT2D eigenvalue weighted by Gasteiger charge is 2.41. The first kappa shape index (κ1) is 50.0. The summed E-state index contributed by atoms with van der Waals surface area (Å²) >= 11 is 6.38. The van der Waals surface area contributed by atoms with Crippen LogP contribution in [0.5, 0.6) is 0 Å². The molecule has 3 aromatic carbocycles. The van der Waals surface area contributed by atoms with Crippen molar-refractivity contribution in [1.82, 2.24) is 39.5 Å². The van der Waals surface area contributed by atoms with Gasteiger partial charge in [-0.3, -0.25) is 14.4 Å². The largest absolute Gasteiger partial charge is 0.455 e. The molecule has 5 aromatic rings. The molecule has 366 valence electrons. The van der Waals surface area contributed by atoms with E-state index in [4.69, 9.17) is 25.8 Å². The maximum absolute atomic E-state index is 14.6. The summed E-state index contributed by atoms with van der Waals surface area (Å²) in [6.45, 7) is 12.8. The molecule has 7 rings (SSSR count). The van der Waals surface area contributed by atoms with Crippen LogP contribution in [-0.4, -0.2) is 152 Å². The number of hydrogen-bond acceptors (Lipinski definition) is 13. The van der Waals surface area contributed by atoms with Crippen LogP contribution in [0.1, 0.15) is 70.4 Å². The molecule has 1 unspecified atom stereocenters. The summed E-state index contributed by atoms with van der Waals surface area (Å²) in [5, 5.41) is 17.9. The van der Waals surface area contributed by atoms with Crippen molar-refractivity contribution in [3.8, 4) is 5.69 Å². The van der Waals surface area contributed by atoms with Gasteiger partial charge >= 0.3 is 29.9 Å². The first-order valence-corrected chi connectivity index (χ1v) is 23.0. The Bertz CT molecular complexity index is 2700. The fraction of sp³-hybridized carbons (Fsp3) is 0.438. The minimum absolute atomic E-state index is 0.00811. The molecule has 2 saturated heterocycles. The number of halogens is 1. The number of ether oxygens (including phenoxy) is 3. The molecular weight excluding hydrogens is 910 g/mol. The van der Waals surface area contributed by atoms with Crippen LogP contribution >= 0.6 is 11.6 Å². The predicted molar refractivity (Wildman–Crippen MR) is 258 cm³/mol. The molecule has 0 bridgehead atoms. The maximum Gasteiger partial charge on any atom is 0.419 e. The first-order valence-electron chi connectivity index (χ1n) is 22.6. The summed E-state index contributed by atoms with van der Waals surface area (Å²) in [5.74, 6) is -3.22. The zero-order valence-corrected chi connectivity index (χ0v) is 40.8. The molecule has 21 heteroatoms. The summed E-state index contributed by atoms with van der Waals surface area (Å²) in [6.07, 6.45) is 2.10. The van der Waals surface area contributed by atoms with Gasteiger partial charge in [0, 0.05) is 60.9 Å². The number of tetrazole rings is 1. The number of nitrogens with one attached hydrogen (secondary N) is 2. The Hall–Kier alpha value is -6.90. The molecule has 69 heavy (non-hydrogen) atoms. The van der Waals surface area contributed by atoms with Crippen molar-refractivity contribution >= 4 is 75.4 Å². The van der Waals surface area contributed by atoms with Crippen molar-refractivity contribution in [3.05, 3.63) is 89.3 Å². The number of piperidine rings is 1. The van der Waals surface area contributed by atoms with Crippen molar-refractivity contribution in [2.45, 2.75) is 84.2 Å². The number of anilines is 3. The average molecular weight is 969 g/mol. The normalized spacial score (nSPS) is 15.4. The second-order valence-electron chi connectivity index (χ2n) is 19.2. The number of piperazine rings is 1. The Morgan fingerprint density at radius 3 is 2.16 bits per heavy atom. The second kappa shape index (κ2) is 20.8. The fourth-order valence-corrected chi connectivity index (χ4v) is 8.15. The van der Waals surface area contributed by atoms with Crippen LogP contribution in [0.4, 0.5) is 26.7 Å². The van der Waals surface area contributed by atoms with Gasteiger partial charge in [0.05, 0.1) is 29.6 Å². The van der Waals surface area contributed by atoms with Crippen LogP contribution in [0, 0.1) is 0 Å². The Morgan fingerprint density at radius 2 is 1.51 bits per heavy atom. The number of fused-ring (bicyclic) bond motifs is 1. The molecular formula is C48H58ClN11O9. The van der Waals surface area contributed by atoms with Crippen molar-refractivity contribution in [3.63, 3.8) is 0 Å². The van der Waals surface area contributed by atoms with Gasteiger partial charge in [0.25, 0.3) is 0 Å². The van der Waals surface area contributed by atoms with E-state index in [1.807, 2.05) is 14.1 Å². The van der Waals surface area contributed by atoms with Gasteiger partial charge in [-0.25, -0.2) is 19.0 Å². The zero-order chi connectivity index (χ0) is 49.8. The lowest BCUT2D eigenvalue weighted by Crippen LogP contribution is -2.60. The number of rotatable bonds is 13. The number of nitrogens with zero attached hydrogens (tertiary/aromatic N) is 9. The van der Waals surface area contributed by atoms with E-state index in [0.29, 0.717) is 58.2 Å². The van der Waals surface area contributed by atoms with Crippen molar-refractivity contribution < 1.29 is 43.0 Å². The van der Waals surface area contributed by atoms with Crippen LogP contribution in [-0.2, 0) is 35.0 Å².